The molecule has 0 amide bonds. The number of rotatable bonds is 19. The minimum absolute atomic E-state index is 0. The van der Waals surface area contributed by atoms with Crippen LogP contribution in [0.15, 0.2) is 11.5 Å². The number of carbonyl (C=O) groups excluding carboxylic acids is 1. The molecule has 0 aromatic heterocycles. The van der Waals surface area contributed by atoms with Gasteiger partial charge in [-0.2, -0.15) is 0 Å². The number of aliphatic hydroxyl groups excluding tert-OH is 2. The molecule has 0 heterocycles. The number of aliphatic carboxylic acids is 1. The largest absolute Gasteiger partial charge is 1.00 e. The molecule has 0 saturated carbocycles. The van der Waals surface area contributed by atoms with Gasteiger partial charge in [-0.1, -0.05) is 84.0 Å². The molecule has 0 aliphatic rings. The van der Waals surface area contributed by atoms with E-state index in [0.717, 1.165) is 57.8 Å². The van der Waals surface area contributed by atoms with Crippen molar-refractivity contribution in [3.63, 3.8) is 0 Å². The van der Waals surface area contributed by atoms with Gasteiger partial charge in [0.15, 0.2) is 0 Å². The molecular formula is C22H41NaO4. The van der Waals surface area contributed by atoms with Crippen molar-refractivity contribution in [3.05, 3.63) is 11.5 Å². The summed E-state index contributed by atoms with van der Waals surface area (Å²) >= 11 is 0. The van der Waals surface area contributed by atoms with Crippen molar-refractivity contribution in [2.75, 3.05) is 0 Å². The topological polar surface area (TPSA) is 80.6 Å². The van der Waals surface area contributed by atoms with Gasteiger partial charge in [0.2, 0.25) is 0 Å². The van der Waals surface area contributed by atoms with Crippen LogP contribution in [-0.4, -0.2) is 16.2 Å². The van der Waals surface area contributed by atoms with Gasteiger partial charge in [0.1, 0.15) is 11.5 Å². The summed E-state index contributed by atoms with van der Waals surface area (Å²) < 4.78 is 0. The molecule has 0 bridgehead atoms. The van der Waals surface area contributed by atoms with E-state index >= 15 is 0 Å². The zero-order valence-corrected chi connectivity index (χ0v) is 19.9. The SMILES string of the molecule is CCCCCCCC/C(O)=C(/O)CCCCCCCCCCCC(=O)[O-].[Na+]. The first-order chi connectivity index (χ1) is 12.6. The second-order valence-electron chi connectivity index (χ2n) is 7.47. The summed E-state index contributed by atoms with van der Waals surface area (Å²) in [6, 6.07) is 0. The number of carboxylic acid groups (broad SMARTS) is 1. The van der Waals surface area contributed by atoms with E-state index in [2.05, 4.69) is 6.92 Å². The normalized spacial score (nSPS) is 11.7. The average molecular weight is 393 g/mol. The van der Waals surface area contributed by atoms with Gasteiger partial charge in [-0.25, -0.2) is 0 Å². The molecule has 5 heteroatoms. The van der Waals surface area contributed by atoms with Crippen molar-refractivity contribution >= 4 is 5.97 Å². The predicted octanol–water partition coefficient (Wildman–Crippen LogP) is 3.11. The van der Waals surface area contributed by atoms with Crippen molar-refractivity contribution in [2.45, 2.75) is 122 Å². The fourth-order valence-electron chi connectivity index (χ4n) is 3.16. The number of hydrogen-bond donors (Lipinski definition) is 2. The molecule has 0 aromatic carbocycles. The third-order valence-corrected chi connectivity index (χ3v) is 4.89. The molecule has 0 atom stereocenters. The number of hydrogen-bond acceptors (Lipinski definition) is 4. The van der Waals surface area contributed by atoms with Crippen LogP contribution >= 0.6 is 0 Å². The Morgan fingerprint density at radius 1 is 0.593 bits per heavy atom. The predicted molar refractivity (Wildman–Crippen MR) is 106 cm³/mol. The molecule has 0 spiro atoms. The van der Waals surface area contributed by atoms with Crippen LogP contribution in [0, 0.1) is 0 Å². The number of aliphatic hydroxyl groups is 2. The molecular weight excluding hydrogens is 351 g/mol. The number of allylic oxidation sites excluding steroid dienone is 2. The fraction of sp³-hybridized carbons (Fsp3) is 0.864. The molecule has 0 aromatic rings. The van der Waals surface area contributed by atoms with Crippen molar-refractivity contribution in [2.24, 2.45) is 0 Å². The Kier molecular flexibility index (Phi) is 23.8. The molecule has 27 heavy (non-hydrogen) atoms. The standard InChI is InChI=1S/C22H42O4.Na/c1-2-3-4-5-11-14-17-20(23)21(24)18-15-12-9-7-6-8-10-13-16-19-22(25)26;/h23-24H,2-19H2,1H3,(H,25,26);/q;+1/p-1/b21-20-;. The molecule has 0 fully saturated rings. The summed E-state index contributed by atoms with van der Waals surface area (Å²) in [7, 11) is 0. The Morgan fingerprint density at radius 3 is 1.22 bits per heavy atom. The van der Waals surface area contributed by atoms with Gasteiger partial charge in [0.25, 0.3) is 0 Å². The Bertz CT molecular complexity index is 369. The van der Waals surface area contributed by atoms with Gasteiger partial charge in [-0.3, -0.25) is 0 Å². The van der Waals surface area contributed by atoms with E-state index in [1.165, 1.54) is 38.5 Å². The zero-order valence-electron chi connectivity index (χ0n) is 17.9. The van der Waals surface area contributed by atoms with E-state index in [4.69, 9.17) is 0 Å². The molecule has 4 nitrogen and oxygen atoms in total. The quantitative estimate of drug-likeness (QED) is 0.201. The Morgan fingerprint density at radius 2 is 0.889 bits per heavy atom. The van der Waals surface area contributed by atoms with Crippen LogP contribution in [0.25, 0.3) is 0 Å². The van der Waals surface area contributed by atoms with Crippen LogP contribution in [0.1, 0.15) is 122 Å². The first-order valence-corrected chi connectivity index (χ1v) is 10.9. The summed E-state index contributed by atoms with van der Waals surface area (Å²) in [5.74, 6) is -0.566. The molecule has 0 aliphatic heterocycles. The van der Waals surface area contributed by atoms with Gasteiger partial charge in [-0.05, 0) is 25.7 Å². The van der Waals surface area contributed by atoms with E-state index in [1.807, 2.05) is 0 Å². The van der Waals surface area contributed by atoms with Gasteiger partial charge < -0.3 is 20.1 Å². The van der Waals surface area contributed by atoms with Crippen LogP contribution < -0.4 is 34.7 Å². The van der Waals surface area contributed by atoms with E-state index in [9.17, 15) is 20.1 Å². The maximum Gasteiger partial charge on any atom is 1.00 e. The van der Waals surface area contributed by atoms with Crippen molar-refractivity contribution in [3.8, 4) is 0 Å². The summed E-state index contributed by atoms with van der Waals surface area (Å²) in [5, 5.41) is 30.1. The third-order valence-electron chi connectivity index (χ3n) is 4.89. The Hall–Kier alpha value is -0.190. The van der Waals surface area contributed by atoms with Gasteiger partial charge in [0, 0.05) is 18.8 Å². The van der Waals surface area contributed by atoms with Crippen molar-refractivity contribution < 1.29 is 49.7 Å². The van der Waals surface area contributed by atoms with Gasteiger partial charge >= 0.3 is 29.6 Å². The fourth-order valence-corrected chi connectivity index (χ4v) is 3.16. The van der Waals surface area contributed by atoms with Gasteiger partial charge in [-0.15, -0.1) is 0 Å². The second-order valence-corrected chi connectivity index (χ2v) is 7.47. The Labute approximate surface area is 189 Å². The number of carboxylic acids is 1. The molecule has 0 unspecified atom stereocenters. The summed E-state index contributed by atoms with van der Waals surface area (Å²) in [6.07, 6.45) is 18.0. The molecule has 0 aliphatic carbocycles. The average Bonchev–Trinajstić information content (AvgIpc) is 2.61. The molecule has 2 N–H and O–H groups in total. The molecule has 0 rings (SSSR count). The first kappa shape index (κ1) is 29.0. The van der Waals surface area contributed by atoms with Gasteiger partial charge in [0.05, 0.1) is 0 Å². The van der Waals surface area contributed by atoms with Crippen LogP contribution in [0.4, 0.5) is 0 Å². The van der Waals surface area contributed by atoms with Crippen molar-refractivity contribution in [1.29, 1.82) is 0 Å². The number of unbranched alkanes of at least 4 members (excludes halogenated alkanes) is 13. The first-order valence-electron chi connectivity index (χ1n) is 10.9. The van der Waals surface area contributed by atoms with Crippen LogP contribution in [-0.2, 0) is 4.79 Å². The Balaban J connectivity index is 0. The minimum atomic E-state index is -0.944. The van der Waals surface area contributed by atoms with E-state index in [1.54, 1.807) is 0 Å². The third kappa shape index (κ3) is 22.0. The van der Waals surface area contributed by atoms with E-state index in [-0.39, 0.29) is 47.5 Å². The summed E-state index contributed by atoms with van der Waals surface area (Å²) in [4.78, 5) is 10.3. The summed E-state index contributed by atoms with van der Waals surface area (Å²) in [6.45, 7) is 2.20. The smallest absolute Gasteiger partial charge is 0.550 e. The van der Waals surface area contributed by atoms with Crippen LogP contribution in [0.5, 0.6) is 0 Å². The second kappa shape index (κ2) is 22.1. The van der Waals surface area contributed by atoms with Crippen LogP contribution in [0.2, 0.25) is 0 Å². The monoisotopic (exact) mass is 392 g/mol. The van der Waals surface area contributed by atoms with Crippen molar-refractivity contribution in [1.82, 2.24) is 0 Å². The molecule has 154 valence electrons. The maximum absolute atomic E-state index is 10.3. The zero-order chi connectivity index (χ0) is 19.5. The minimum Gasteiger partial charge on any atom is -0.550 e. The molecule has 0 radical (unpaired) electrons. The van der Waals surface area contributed by atoms with E-state index in [0.29, 0.717) is 12.8 Å². The van der Waals surface area contributed by atoms with E-state index < -0.39 is 5.97 Å². The number of carbonyl (C=O) groups is 1. The van der Waals surface area contributed by atoms with Crippen LogP contribution in [0.3, 0.4) is 0 Å². The molecule has 0 saturated heterocycles. The summed E-state index contributed by atoms with van der Waals surface area (Å²) in [5.41, 5.74) is 0. The maximum atomic E-state index is 10.3.